The van der Waals surface area contributed by atoms with Crippen molar-refractivity contribution < 1.29 is 13.9 Å². The van der Waals surface area contributed by atoms with E-state index in [1.165, 1.54) is 5.56 Å². The number of hydrogen-bond donors (Lipinski definition) is 2. The Hall–Kier alpha value is -2.27. The fourth-order valence-corrected chi connectivity index (χ4v) is 2.68. The molecule has 24 heavy (non-hydrogen) atoms. The smallest absolute Gasteiger partial charge is 0.287 e. The van der Waals surface area contributed by atoms with Crippen molar-refractivity contribution in [1.29, 1.82) is 0 Å². The Balaban J connectivity index is 1.51. The molecule has 1 atom stereocenters. The number of carbonyl (C=O) groups excluding carboxylic acids is 1. The van der Waals surface area contributed by atoms with E-state index >= 15 is 0 Å². The molecule has 1 aliphatic carbocycles. The molecule has 3 N–H and O–H groups in total. The molecule has 0 radical (unpaired) electrons. The SMILES string of the molecule is Cc1ccc(OCc2ccc(C(=O)NCC(N)C3CC3)o2)c(C)c1. The summed E-state index contributed by atoms with van der Waals surface area (Å²) >= 11 is 0. The molecule has 1 fully saturated rings. The maximum Gasteiger partial charge on any atom is 0.287 e. The van der Waals surface area contributed by atoms with Gasteiger partial charge in [-0.25, -0.2) is 0 Å². The number of nitrogens with one attached hydrogen (secondary N) is 1. The Morgan fingerprint density at radius 1 is 1.33 bits per heavy atom. The summed E-state index contributed by atoms with van der Waals surface area (Å²) in [6.45, 7) is 4.83. The first-order valence-corrected chi connectivity index (χ1v) is 8.35. The largest absolute Gasteiger partial charge is 0.485 e. The second kappa shape index (κ2) is 7.09. The van der Waals surface area contributed by atoms with Crippen molar-refractivity contribution in [2.75, 3.05) is 6.54 Å². The molecule has 1 unspecified atom stereocenters. The third kappa shape index (κ3) is 4.17. The molecule has 5 nitrogen and oxygen atoms in total. The molecular formula is C19H24N2O3. The van der Waals surface area contributed by atoms with Crippen molar-refractivity contribution in [3.8, 4) is 5.75 Å². The van der Waals surface area contributed by atoms with Crippen molar-refractivity contribution >= 4 is 5.91 Å². The maximum absolute atomic E-state index is 12.1. The van der Waals surface area contributed by atoms with Gasteiger partial charge >= 0.3 is 0 Å². The summed E-state index contributed by atoms with van der Waals surface area (Å²) in [5.74, 6) is 2.05. The molecule has 0 spiro atoms. The molecule has 0 aliphatic heterocycles. The van der Waals surface area contributed by atoms with Crippen molar-refractivity contribution in [3.05, 3.63) is 53.0 Å². The third-order valence-electron chi connectivity index (χ3n) is 4.31. The van der Waals surface area contributed by atoms with Gasteiger partial charge in [0.1, 0.15) is 18.1 Å². The molecule has 128 valence electrons. The normalized spacial score (nSPS) is 15.1. The predicted molar refractivity (Wildman–Crippen MR) is 92.0 cm³/mol. The highest BCUT2D eigenvalue weighted by atomic mass is 16.5. The van der Waals surface area contributed by atoms with Crippen LogP contribution in [0, 0.1) is 19.8 Å². The summed E-state index contributed by atoms with van der Waals surface area (Å²) in [5, 5.41) is 2.82. The van der Waals surface area contributed by atoms with E-state index in [2.05, 4.69) is 11.4 Å². The highest BCUT2D eigenvalue weighted by molar-refractivity contribution is 5.91. The molecule has 1 aromatic carbocycles. The van der Waals surface area contributed by atoms with Crippen molar-refractivity contribution in [2.24, 2.45) is 11.7 Å². The van der Waals surface area contributed by atoms with Crippen LogP contribution in [0.1, 0.15) is 40.3 Å². The van der Waals surface area contributed by atoms with Gasteiger partial charge in [-0.2, -0.15) is 0 Å². The van der Waals surface area contributed by atoms with E-state index in [-0.39, 0.29) is 17.7 Å². The summed E-state index contributed by atoms with van der Waals surface area (Å²) < 4.78 is 11.3. The van der Waals surface area contributed by atoms with Gasteiger partial charge in [-0.3, -0.25) is 4.79 Å². The fourth-order valence-electron chi connectivity index (χ4n) is 2.68. The van der Waals surface area contributed by atoms with E-state index in [0.717, 1.165) is 24.2 Å². The molecule has 1 aromatic heterocycles. The van der Waals surface area contributed by atoms with E-state index < -0.39 is 0 Å². The molecule has 1 amide bonds. The van der Waals surface area contributed by atoms with Crippen molar-refractivity contribution in [1.82, 2.24) is 5.32 Å². The molecule has 1 heterocycles. The third-order valence-corrected chi connectivity index (χ3v) is 4.31. The number of rotatable bonds is 7. The zero-order valence-corrected chi connectivity index (χ0v) is 14.2. The van der Waals surface area contributed by atoms with E-state index in [0.29, 0.717) is 24.8 Å². The van der Waals surface area contributed by atoms with Crippen LogP contribution in [0.5, 0.6) is 5.75 Å². The van der Waals surface area contributed by atoms with Crippen LogP contribution < -0.4 is 15.8 Å². The van der Waals surface area contributed by atoms with Crippen LogP contribution in [0.4, 0.5) is 0 Å². The number of ether oxygens (including phenoxy) is 1. The molecule has 1 saturated carbocycles. The second-order valence-corrected chi connectivity index (χ2v) is 6.53. The Morgan fingerprint density at radius 3 is 2.83 bits per heavy atom. The van der Waals surface area contributed by atoms with Gasteiger partial charge in [-0.15, -0.1) is 0 Å². The van der Waals surface area contributed by atoms with Crippen LogP contribution in [-0.2, 0) is 6.61 Å². The molecular weight excluding hydrogens is 304 g/mol. The topological polar surface area (TPSA) is 77.5 Å². The molecule has 0 saturated heterocycles. The number of benzene rings is 1. The van der Waals surface area contributed by atoms with Crippen molar-refractivity contribution in [2.45, 2.75) is 39.3 Å². The lowest BCUT2D eigenvalue weighted by Gasteiger charge is -2.10. The molecule has 5 heteroatoms. The number of nitrogens with two attached hydrogens (primary N) is 1. The quantitative estimate of drug-likeness (QED) is 0.819. The Kier molecular flexibility index (Phi) is 4.90. The number of amides is 1. The van der Waals surface area contributed by atoms with Crippen LogP contribution in [0.15, 0.2) is 34.7 Å². The average molecular weight is 328 g/mol. The summed E-state index contributed by atoms with van der Waals surface area (Å²) in [7, 11) is 0. The summed E-state index contributed by atoms with van der Waals surface area (Å²) in [4.78, 5) is 12.1. The molecule has 3 rings (SSSR count). The number of furan rings is 1. The highest BCUT2D eigenvalue weighted by Gasteiger charge is 2.28. The van der Waals surface area contributed by atoms with Gasteiger partial charge in [0.2, 0.25) is 0 Å². The molecule has 2 aromatic rings. The summed E-state index contributed by atoms with van der Waals surface area (Å²) in [5.41, 5.74) is 8.26. The first-order chi connectivity index (χ1) is 11.5. The van der Waals surface area contributed by atoms with Gasteiger partial charge in [0.15, 0.2) is 5.76 Å². The van der Waals surface area contributed by atoms with Crippen LogP contribution in [0.2, 0.25) is 0 Å². The minimum absolute atomic E-state index is 0.0382. The Bertz CT molecular complexity index is 719. The van der Waals surface area contributed by atoms with Crippen molar-refractivity contribution in [3.63, 3.8) is 0 Å². The molecule has 1 aliphatic rings. The Morgan fingerprint density at radius 2 is 2.12 bits per heavy atom. The fraction of sp³-hybridized carbons (Fsp3) is 0.421. The Labute approximate surface area is 142 Å². The zero-order chi connectivity index (χ0) is 17.1. The number of hydrogen-bond acceptors (Lipinski definition) is 4. The lowest BCUT2D eigenvalue weighted by molar-refractivity contribution is 0.0918. The second-order valence-electron chi connectivity index (χ2n) is 6.53. The van der Waals surface area contributed by atoms with Gasteiger partial charge < -0.3 is 20.2 Å². The molecule has 0 bridgehead atoms. The maximum atomic E-state index is 12.1. The van der Waals surface area contributed by atoms with Crippen LogP contribution in [0.3, 0.4) is 0 Å². The zero-order valence-electron chi connectivity index (χ0n) is 14.2. The van der Waals surface area contributed by atoms with E-state index in [9.17, 15) is 4.79 Å². The average Bonchev–Trinajstić information content (AvgIpc) is 3.30. The lowest BCUT2D eigenvalue weighted by atomic mass is 10.1. The number of carbonyl (C=O) groups is 1. The van der Waals surface area contributed by atoms with Gasteiger partial charge in [0.25, 0.3) is 5.91 Å². The first kappa shape index (κ1) is 16.6. The van der Waals surface area contributed by atoms with Gasteiger partial charge in [0.05, 0.1) is 0 Å². The van der Waals surface area contributed by atoms with E-state index in [1.54, 1.807) is 12.1 Å². The van der Waals surface area contributed by atoms with E-state index in [1.807, 2.05) is 26.0 Å². The van der Waals surface area contributed by atoms with Gasteiger partial charge in [-0.1, -0.05) is 17.7 Å². The summed E-state index contributed by atoms with van der Waals surface area (Å²) in [6.07, 6.45) is 2.33. The van der Waals surface area contributed by atoms with Gasteiger partial charge in [-0.05, 0) is 56.4 Å². The number of aryl methyl sites for hydroxylation is 2. The minimum atomic E-state index is -0.233. The predicted octanol–water partition coefficient (Wildman–Crippen LogP) is 2.94. The van der Waals surface area contributed by atoms with Crippen LogP contribution in [0.25, 0.3) is 0 Å². The van der Waals surface area contributed by atoms with Gasteiger partial charge in [0, 0.05) is 12.6 Å². The lowest BCUT2D eigenvalue weighted by Crippen LogP contribution is -2.38. The summed E-state index contributed by atoms with van der Waals surface area (Å²) in [6, 6.07) is 9.49. The van der Waals surface area contributed by atoms with Crippen LogP contribution in [-0.4, -0.2) is 18.5 Å². The standard InChI is InChI=1S/C19H24N2O3/c1-12-3-7-17(13(2)9-12)23-11-15-6-8-18(24-15)19(22)21-10-16(20)14-4-5-14/h3,6-9,14,16H,4-5,10-11,20H2,1-2H3,(H,21,22). The highest BCUT2D eigenvalue weighted by Crippen LogP contribution is 2.31. The minimum Gasteiger partial charge on any atom is -0.485 e. The van der Waals surface area contributed by atoms with E-state index in [4.69, 9.17) is 14.9 Å². The van der Waals surface area contributed by atoms with Crippen LogP contribution >= 0.6 is 0 Å². The first-order valence-electron chi connectivity index (χ1n) is 8.35. The monoisotopic (exact) mass is 328 g/mol.